The van der Waals surface area contributed by atoms with Crippen LogP contribution >= 0.6 is 0 Å². The maximum atomic E-state index is 13.7. The van der Waals surface area contributed by atoms with Gasteiger partial charge in [-0.05, 0) is 65.6 Å². The molecular formula is C25H38N2O5S. The van der Waals surface area contributed by atoms with Crippen LogP contribution in [0.4, 0.5) is 0 Å². The lowest BCUT2D eigenvalue weighted by molar-refractivity contribution is -0.134. The van der Waals surface area contributed by atoms with E-state index in [0.717, 1.165) is 17.2 Å². The molecule has 0 saturated carbocycles. The molecule has 0 aliphatic carbocycles. The molecule has 8 heteroatoms. The van der Waals surface area contributed by atoms with E-state index in [9.17, 15) is 18.4 Å². The Morgan fingerprint density at radius 2 is 1.61 bits per heavy atom. The minimum absolute atomic E-state index is 0.106. The largest absolute Gasteiger partial charge is 0.494 e. The molecule has 0 aliphatic rings. The number of hydrogen-bond donors (Lipinski definition) is 2. The normalized spacial score (nSPS) is 13.3. The van der Waals surface area contributed by atoms with Crippen LogP contribution in [0.1, 0.15) is 54.4 Å². The third kappa shape index (κ3) is 7.16. The molecule has 2 aromatic rings. The van der Waals surface area contributed by atoms with Gasteiger partial charge in [0, 0.05) is 6.54 Å². The molecule has 2 aromatic carbocycles. The highest BCUT2D eigenvalue weighted by molar-refractivity contribution is 7.89. The maximum absolute atomic E-state index is 13.7. The number of benzene rings is 2. The summed E-state index contributed by atoms with van der Waals surface area (Å²) in [4.78, 5) is 12.5. The molecule has 33 heavy (non-hydrogen) atoms. The van der Waals surface area contributed by atoms with Crippen LogP contribution in [0.15, 0.2) is 41.3 Å². The van der Waals surface area contributed by atoms with Gasteiger partial charge in [0.1, 0.15) is 11.8 Å². The van der Waals surface area contributed by atoms with E-state index in [2.05, 4.69) is 13.8 Å². The standard InChI is InChI=1S/C25H38N2O5S/c1-17(2)11-13-27(24(19(5)6)25(28)26-29)33(30,31)23-10-8-20-7-9-22(15-21(20)16-23)32-14-12-18(3)4/h7-10,15-19,24,29H,11-14H2,1-6H3,(H,26,28)/t24-/m1/s1. The van der Waals surface area contributed by atoms with E-state index in [-0.39, 0.29) is 23.3 Å². The summed E-state index contributed by atoms with van der Waals surface area (Å²) in [5.41, 5.74) is 1.64. The summed E-state index contributed by atoms with van der Waals surface area (Å²) >= 11 is 0. The number of amides is 1. The lowest BCUT2D eigenvalue weighted by Crippen LogP contribution is -2.52. The van der Waals surface area contributed by atoms with Gasteiger partial charge in [0.2, 0.25) is 10.0 Å². The number of ether oxygens (including phenoxy) is 1. The summed E-state index contributed by atoms with van der Waals surface area (Å²) < 4.78 is 34.5. The van der Waals surface area contributed by atoms with E-state index in [1.165, 1.54) is 4.31 Å². The second-order valence-corrected chi connectivity index (χ2v) is 11.6. The first-order chi connectivity index (χ1) is 15.5. The molecule has 1 atom stereocenters. The Balaban J connectivity index is 2.47. The average molecular weight is 479 g/mol. The predicted molar refractivity (Wildman–Crippen MR) is 131 cm³/mol. The molecule has 0 bridgehead atoms. The number of fused-ring (bicyclic) bond motifs is 1. The van der Waals surface area contributed by atoms with Crippen molar-refractivity contribution in [1.29, 1.82) is 0 Å². The smallest absolute Gasteiger partial charge is 0.262 e. The average Bonchev–Trinajstić information content (AvgIpc) is 2.74. The van der Waals surface area contributed by atoms with Gasteiger partial charge in [-0.25, -0.2) is 13.9 Å². The molecule has 0 saturated heterocycles. The van der Waals surface area contributed by atoms with Gasteiger partial charge in [-0.1, -0.05) is 53.7 Å². The third-order valence-corrected chi connectivity index (χ3v) is 7.48. The van der Waals surface area contributed by atoms with Crippen LogP contribution in [0, 0.1) is 17.8 Å². The van der Waals surface area contributed by atoms with Gasteiger partial charge >= 0.3 is 0 Å². The topological polar surface area (TPSA) is 95.9 Å². The van der Waals surface area contributed by atoms with Gasteiger partial charge in [0.15, 0.2) is 0 Å². The van der Waals surface area contributed by atoms with Gasteiger partial charge < -0.3 is 4.74 Å². The molecule has 0 unspecified atom stereocenters. The molecule has 0 aliphatic heterocycles. The highest BCUT2D eigenvalue weighted by Gasteiger charge is 2.37. The van der Waals surface area contributed by atoms with Gasteiger partial charge in [0.05, 0.1) is 11.5 Å². The zero-order valence-electron chi connectivity index (χ0n) is 20.5. The van der Waals surface area contributed by atoms with E-state index in [0.29, 0.717) is 24.7 Å². The monoisotopic (exact) mass is 478 g/mol. The quantitative estimate of drug-likeness (QED) is 0.336. The summed E-state index contributed by atoms with van der Waals surface area (Å²) in [5.74, 6) is 0.396. The maximum Gasteiger partial charge on any atom is 0.262 e. The third-order valence-electron chi connectivity index (χ3n) is 5.60. The van der Waals surface area contributed by atoms with Crippen LogP contribution in [-0.4, -0.2) is 43.0 Å². The zero-order valence-corrected chi connectivity index (χ0v) is 21.4. The fourth-order valence-corrected chi connectivity index (χ4v) is 5.40. The summed E-state index contributed by atoms with van der Waals surface area (Å²) in [5, 5.41) is 10.9. The van der Waals surface area contributed by atoms with Crippen molar-refractivity contribution < 1.29 is 23.2 Å². The summed E-state index contributed by atoms with van der Waals surface area (Å²) in [7, 11) is -4.01. The first-order valence-corrected chi connectivity index (χ1v) is 13.0. The van der Waals surface area contributed by atoms with E-state index in [4.69, 9.17) is 4.74 Å². The number of hydrogen-bond acceptors (Lipinski definition) is 5. The molecule has 184 valence electrons. The van der Waals surface area contributed by atoms with E-state index < -0.39 is 22.0 Å². The summed E-state index contributed by atoms with van der Waals surface area (Å²) in [6.45, 7) is 12.6. The molecule has 0 spiro atoms. The highest BCUT2D eigenvalue weighted by Crippen LogP contribution is 2.28. The molecule has 7 nitrogen and oxygen atoms in total. The molecular weight excluding hydrogens is 440 g/mol. The highest BCUT2D eigenvalue weighted by atomic mass is 32.2. The van der Waals surface area contributed by atoms with Crippen molar-refractivity contribution in [2.24, 2.45) is 17.8 Å². The Morgan fingerprint density at radius 3 is 2.18 bits per heavy atom. The van der Waals surface area contributed by atoms with Crippen LogP contribution in [-0.2, 0) is 14.8 Å². The van der Waals surface area contributed by atoms with Gasteiger partial charge in [-0.2, -0.15) is 4.31 Å². The second kappa shape index (κ2) is 11.8. The number of nitrogens with one attached hydrogen (secondary N) is 1. The minimum atomic E-state index is -4.01. The van der Waals surface area contributed by atoms with Crippen molar-refractivity contribution in [3.63, 3.8) is 0 Å². The van der Waals surface area contributed by atoms with Gasteiger partial charge in [-0.15, -0.1) is 0 Å². The Morgan fingerprint density at radius 1 is 0.970 bits per heavy atom. The van der Waals surface area contributed by atoms with Crippen molar-refractivity contribution in [2.75, 3.05) is 13.2 Å². The van der Waals surface area contributed by atoms with E-state index in [1.807, 2.05) is 32.0 Å². The molecule has 1 amide bonds. The molecule has 2 N–H and O–H groups in total. The fourth-order valence-electron chi connectivity index (χ4n) is 3.63. The van der Waals surface area contributed by atoms with E-state index in [1.54, 1.807) is 37.5 Å². The van der Waals surface area contributed by atoms with Crippen LogP contribution < -0.4 is 10.2 Å². The number of carbonyl (C=O) groups is 1. The number of sulfonamides is 1. The number of hydroxylamine groups is 1. The van der Waals surface area contributed by atoms with Gasteiger partial charge in [0.25, 0.3) is 5.91 Å². The minimum Gasteiger partial charge on any atom is -0.494 e. The summed E-state index contributed by atoms with van der Waals surface area (Å²) in [6.07, 6.45) is 1.52. The Hall–Kier alpha value is -2.16. The number of nitrogens with zero attached hydrogens (tertiary/aromatic N) is 1. The lowest BCUT2D eigenvalue weighted by Gasteiger charge is -2.32. The van der Waals surface area contributed by atoms with Crippen LogP contribution in [0.5, 0.6) is 5.75 Å². The van der Waals surface area contributed by atoms with Crippen LogP contribution in [0.2, 0.25) is 0 Å². The van der Waals surface area contributed by atoms with Crippen LogP contribution in [0.3, 0.4) is 0 Å². The number of carbonyl (C=O) groups excluding carboxylic acids is 1. The Bertz CT molecular complexity index is 1030. The van der Waals surface area contributed by atoms with Crippen molar-refractivity contribution in [3.8, 4) is 5.75 Å². The fraction of sp³-hybridized carbons (Fsp3) is 0.560. The summed E-state index contributed by atoms with van der Waals surface area (Å²) in [6, 6.07) is 9.55. The SMILES string of the molecule is CC(C)CCOc1ccc2ccc(S(=O)(=O)N(CCC(C)C)[C@@H](C(=O)NO)C(C)C)cc2c1. The lowest BCUT2D eigenvalue weighted by atomic mass is 10.0. The molecule has 0 radical (unpaired) electrons. The van der Waals surface area contributed by atoms with Crippen molar-refractivity contribution in [3.05, 3.63) is 36.4 Å². The Kier molecular flexibility index (Phi) is 9.70. The molecule has 0 fully saturated rings. The predicted octanol–water partition coefficient (Wildman–Crippen LogP) is 4.83. The van der Waals surface area contributed by atoms with Crippen molar-refractivity contribution >= 4 is 26.7 Å². The van der Waals surface area contributed by atoms with Crippen molar-refractivity contribution in [1.82, 2.24) is 9.79 Å². The first kappa shape index (κ1) is 27.1. The van der Waals surface area contributed by atoms with Crippen LogP contribution in [0.25, 0.3) is 10.8 Å². The zero-order chi connectivity index (χ0) is 24.8. The van der Waals surface area contributed by atoms with E-state index >= 15 is 0 Å². The molecule has 0 aromatic heterocycles. The van der Waals surface area contributed by atoms with Gasteiger partial charge in [-0.3, -0.25) is 10.0 Å². The molecule has 2 rings (SSSR count). The Labute approximate surface area is 198 Å². The van der Waals surface area contributed by atoms with Crippen molar-refractivity contribution in [2.45, 2.75) is 65.3 Å². The molecule has 0 heterocycles. The number of rotatable bonds is 12. The second-order valence-electron chi connectivity index (χ2n) is 9.66. The first-order valence-electron chi connectivity index (χ1n) is 11.6.